The lowest BCUT2D eigenvalue weighted by molar-refractivity contribution is -0.207. The number of aliphatic hydroxyl groups excluding tert-OH is 5. The first-order valence-electron chi connectivity index (χ1n) is 26.8. The summed E-state index contributed by atoms with van der Waals surface area (Å²) in [7, 11) is -16.5. The average Bonchev–Trinajstić information content (AvgIpc) is 3.66. The van der Waals surface area contributed by atoms with Gasteiger partial charge in [-0.05, 0) is 105 Å². The number of ketones is 1. The molecule has 0 bridgehead atoms. The first-order chi connectivity index (χ1) is 37.2. The fourth-order valence-corrected chi connectivity index (χ4v) is 17.1. The molecule has 80 heavy (non-hydrogen) atoms. The van der Waals surface area contributed by atoms with Crippen LogP contribution in [0, 0.1) is 57.7 Å². The van der Waals surface area contributed by atoms with Gasteiger partial charge in [0.1, 0.15) is 42.0 Å². The molecule has 0 spiro atoms. The molecule has 1 aliphatic heterocycles. The third-order valence-corrected chi connectivity index (χ3v) is 22.1. The number of amides is 2. The van der Waals surface area contributed by atoms with Crippen molar-refractivity contribution in [2.75, 3.05) is 37.8 Å². The number of fused-ring (bicyclic) bond motifs is 6. The smallest absolute Gasteiger partial charge is 0.393 e. The van der Waals surface area contributed by atoms with Crippen LogP contribution >= 0.6 is 35.2 Å². The molecule has 2 amide bonds. The minimum atomic E-state index is -5.62. The Hall–Kier alpha value is -2.89. The molecule has 5 fully saturated rings. The Balaban J connectivity index is 0.780. The second-order valence-corrected chi connectivity index (χ2v) is 28.8. The highest BCUT2D eigenvalue weighted by Crippen LogP contribution is 2.69. The quantitative estimate of drug-likeness (QED) is 0.0385. The van der Waals surface area contributed by atoms with Crippen molar-refractivity contribution < 1.29 is 101 Å². The van der Waals surface area contributed by atoms with Crippen LogP contribution in [0.1, 0.15) is 112 Å². The summed E-state index contributed by atoms with van der Waals surface area (Å²) in [6, 6.07) is 0. The van der Waals surface area contributed by atoms with Crippen LogP contribution in [0.25, 0.3) is 11.2 Å². The number of phosphoric acid groups is 3. The third kappa shape index (κ3) is 14.4. The number of nitrogens with one attached hydrogen (secondary N) is 2. The molecule has 2 aromatic rings. The summed E-state index contributed by atoms with van der Waals surface area (Å²) in [5.74, 6) is -1.63. The zero-order chi connectivity index (χ0) is 59.1. The number of rotatable bonds is 25. The largest absolute Gasteiger partial charge is 0.481 e. The van der Waals surface area contributed by atoms with Gasteiger partial charge < -0.3 is 66.2 Å². The molecule has 1 saturated heterocycles. The van der Waals surface area contributed by atoms with E-state index in [4.69, 9.17) is 19.5 Å². The van der Waals surface area contributed by atoms with Crippen LogP contribution in [0.5, 0.6) is 0 Å². The lowest BCUT2D eigenvalue weighted by Crippen LogP contribution is -2.62. The van der Waals surface area contributed by atoms with Crippen molar-refractivity contribution in [3.8, 4) is 0 Å². The molecule has 19 atom stereocenters. The zero-order valence-corrected chi connectivity index (χ0v) is 49.0. The van der Waals surface area contributed by atoms with Crippen molar-refractivity contribution >= 4 is 74.9 Å². The van der Waals surface area contributed by atoms with Crippen LogP contribution in [0.2, 0.25) is 0 Å². The van der Waals surface area contributed by atoms with Gasteiger partial charge in [0.25, 0.3) is 0 Å². The fourth-order valence-electron chi connectivity index (χ4n) is 13.5. The Kier molecular flexibility index (Phi) is 20.5. The van der Waals surface area contributed by atoms with Gasteiger partial charge in [-0.1, -0.05) is 46.4 Å². The number of aliphatic hydroxyl groups is 5. The molecule has 452 valence electrons. The molecule has 13 N–H and O–H groups in total. The molecule has 7 rings (SSSR count). The lowest BCUT2D eigenvalue weighted by Gasteiger charge is -2.63. The van der Waals surface area contributed by atoms with Gasteiger partial charge in [-0.25, -0.2) is 28.6 Å². The number of phosphoric ester groups is 3. The number of anilines is 1. The summed E-state index contributed by atoms with van der Waals surface area (Å²) >= 11 is 0.908. The van der Waals surface area contributed by atoms with Crippen LogP contribution in [-0.4, -0.2) is 162 Å². The van der Waals surface area contributed by atoms with Gasteiger partial charge in [-0.15, -0.1) is 0 Å². The Morgan fingerprint density at radius 1 is 0.925 bits per heavy atom. The number of nitrogens with zero attached hydrogens (tertiary/aromatic N) is 4. The molecule has 4 aliphatic carbocycles. The molecule has 3 heterocycles. The second kappa shape index (κ2) is 25.4. The zero-order valence-electron chi connectivity index (χ0n) is 45.5. The van der Waals surface area contributed by atoms with Crippen LogP contribution in [0.15, 0.2) is 12.7 Å². The summed E-state index contributed by atoms with van der Waals surface area (Å²) in [5.41, 5.74) is 3.77. The standard InChI is InChI=1S/C48H78N7O21P3S/c1-24(28-8-9-29-36-30(19-34(59)48(28,29)6)47(5)13-11-27(56)17-26(47)18-32(36)58)7-10-31(57)25(2)45(64)80-16-15-50-35(60)12-14-51-43(63)40(62)46(3,4)21-73-79(70,71)76-78(68,69)72-20-33-39(75-77(65,66)67)38(61)44(74-33)55-23-54-37-41(49)52-22-53-42(37)55/h22-30,32-34,36,38-40,44,56,58-59,61-62H,7-21H2,1-6H3,(H,50,60)(H,51,63)(H,68,69)(H,70,71)(H2,49,52,53)(H2,65,66,67)/t24?,25?,26-,27+,28?,29-,30-,32?,33+,34-,36?,38+,39+,40?,44+,47?,48?/m0/s1. The van der Waals surface area contributed by atoms with Gasteiger partial charge in [-0.3, -0.25) is 37.3 Å². The van der Waals surface area contributed by atoms with Crippen molar-refractivity contribution in [2.24, 2.45) is 57.7 Å². The van der Waals surface area contributed by atoms with Gasteiger partial charge in [0.15, 0.2) is 22.8 Å². The second-order valence-electron chi connectivity index (χ2n) is 23.5. The Bertz CT molecular complexity index is 2720. The molecule has 0 aromatic carbocycles. The van der Waals surface area contributed by atoms with Gasteiger partial charge in [-0.2, -0.15) is 4.31 Å². The number of aromatic nitrogens is 4. The first kappa shape index (κ1) is 64.7. The maximum atomic E-state index is 13.3. The molecule has 4 saturated carbocycles. The van der Waals surface area contributed by atoms with Crippen molar-refractivity contribution in [2.45, 2.75) is 155 Å². The van der Waals surface area contributed by atoms with Crippen molar-refractivity contribution in [1.29, 1.82) is 0 Å². The maximum absolute atomic E-state index is 13.3. The van der Waals surface area contributed by atoms with Crippen molar-refractivity contribution in [1.82, 2.24) is 30.2 Å². The molecule has 0 radical (unpaired) electrons. The van der Waals surface area contributed by atoms with Gasteiger partial charge in [0.05, 0.1) is 43.8 Å². The van der Waals surface area contributed by atoms with E-state index in [2.05, 4.69) is 55.2 Å². The maximum Gasteiger partial charge on any atom is 0.481 e. The monoisotopic (exact) mass is 1210 g/mol. The van der Waals surface area contributed by atoms with Gasteiger partial charge in [0, 0.05) is 37.1 Å². The number of nitrogens with two attached hydrogens (primary N) is 1. The molecule has 32 heteroatoms. The van der Waals surface area contributed by atoms with Crippen LogP contribution in [0.3, 0.4) is 0 Å². The van der Waals surface area contributed by atoms with E-state index in [1.807, 2.05) is 0 Å². The first-order valence-corrected chi connectivity index (χ1v) is 32.3. The molecule has 28 nitrogen and oxygen atoms in total. The van der Waals surface area contributed by atoms with E-state index in [-0.39, 0.29) is 107 Å². The Labute approximate surface area is 466 Å². The highest BCUT2D eigenvalue weighted by Gasteiger charge is 2.66. The predicted molar refractivity (Wildman–Crippen MR) is 284 cm³/mol. The van der Waals surface area contributed by atoms with Gasteiger partial charge >= 0.3 is 23.5 Å². The van der Waals surface area contributed by atoms with Crippen LogP contribution < -0.4 is 16.4 Å². The lowest BCUT2D eigenvalue weighted by atomic mass is 9.43. The van der Waals surface area contributed by atoms with E-state index >= 15 is 0 Å². The van der Waals surface area contributed by atoms with E-state index in [9.17, 15) is 78.0 Å². The number of thioether (sulfide) groups is 1. The topological polar surface area (TPSA) is 441 Å². The predicted octanol–water partition coefficient (Wildman–Crippen LogP) is 2.25. The van der Waals surface area contributed by atoms with E-state index < -0.39 is 108 Å². The SMILES string of the molecule is CC(C(=O)CCC(C)C1CC[C@H]2C3C(O)C[C@@H]4C[C@H](O)CCC4(C)[C@H]3C[C@H](O)C12C)C(=O)SCCNC(=O)CCNC(=O)C(O)C(C)(C)COP(=O)(O)OP(=O)(O)OC[C@H]1O[C@@H](n2cnc3c(N)ncnc32)[C@H](O)[C@@H]1OP(=O)(O)O. The number of ether oxygens (including phenoxy) is 1. The Morgan fingerprint density at radius 2 is 1.62 bits per heavy atom. The van der Waals surface area contributed by atoms with Crippen molar-refractivity contribution in [3.63, 3.8) is 0 Å². The van der Waals surface area contributed by atoms with E-state index in [0.717, 1.165) is 54.7 Å². The molecule has 5 aliphatic rings. The third-order valence-electron chi connectivity index (χ3n) is 17.9. The van der Waals surface area contributed by atoms with Gasteiger partial charge in [0.2, 0.25) is 11.8 Å². The normalized spacial score (nSPS) is 34.2. The fraction of sp³-hybridized carbons (Fsp3) is 0.812. The van der Waals surface area contributed by atoms with E-state index in [1.54, 1.807) is 6.92 Å². The molecule has 10 unspecified atom stereocenters. The average molecular weight is 1210 g/mol. The van der Waals surface area contributed by atoms with Crippen LogP contribution in [0.4, 0.5) is 5.82 Å². The highest BCUT2D eigenvalue weighted by molar-refractivity contribution is 8.13. The number of nitrogen functional groups attached to an aromatic ring is 1. The summed E-state index contributed by atoms with van der Waals surface area (Å²) in [5, 5.41) is 60.3. The number of hydrogen-bond acceptors (Lipinski definition) is 22. The molecular weight excluding hydrogens is 1140 g/mol. The number of Topliss-reactive ketones (excluding diaryl/α,β-unsaturated/α-hetero) is 1. The number of carbonyl (C=O) groups is 4. The minimum Gasteiger partial charge on any atom is -0.393 e. The molecular formula is C48H78N7O21P3S. The number of hydrogen-bond donors (Lipinski definition) is 12. The number of imidazole rings is 1. The Morgan fingerprint density at radius 3 is 2.33 bits per heavy atom. The summed E-state index contributed by atoms with van der Waals surface area (Å²) < 4.78 is 62.7. The summed E-state index contributed by atoms with van der Waals surface area (Å²) in [6.07, 6.45) is -2.38. The summed E-state index contributed by atoms with van der Waals surface area (Å²) in [4.78, 5) is 103. The van der Waals surface area contributed by atoms with E-state index in [0.29, 0.717) is 25.7 Å². The van der Waals surface area contributed by atoms with E-state index in [1.165, 1.54) is 13.8 Å². The van der Waals surface area contributed by atoms with Crippen molar-refractivity contribution in [3.05, 3.63) is 12.7 Å². The van der Waals surface area contributed by atoms with Crippen LogP contribution in [-0.2, 0) is 55.5 Å². The minimum absolute atomic E-state index is 0.0179. The number of carbonyl (C=O) groups excluding carboxylic acids is 4. The highest BCUT2D eigenvalue weighted by atomic mass is 32.2. The summed E-state index contributed by atoms with van der Waals surface area (Å²) in [6.45, 7) is 8.34. The molecule has 2 aromatic heterocycles.